The van der Waals surface area contributed by atoms with Gasteiger partial charge >= 0.3 is 0 Å². The zero-order valence-corrected chi connectivity index (χ0v) is 13.4. The molecule has 0 radical (unpaired) electrons. The summed E-state index contributed by atoms with van der Waals surface area (Å²) in [6, 6.07) is 9.17. The molecule has 2 atom stereocenters. The van der Waals surface area contributed by atoms with Gasteiger partial charge < -0.3 is 5.32 Å². The van der Waals surface area contributed by atoms with Crippen molar-refractivity contribution in [2.75, 3.05) is 6.54 Å². The number of thioether (sulfide) groups is 1. The molecule has 0 bridgehead atoms. The van der Waals surface area contributed by atoms with Crippen LogP contribution in [0.3, 0.4) is 0 Å². The van der Waals surface area contributed by atoms with Gasteiger partial charge in [-0.2, -0.15) is 0 Å². The van der Waals surface area contributed by atoms with Crippen molar-refractivity contribution in [1.29, 1.82) is 0 Å². The number of rotatable bonds is 4. The topological polar surface area (TPSA) is 37.8 Å². The molecule has 1 aliphatic rings. The molecule has 0 fully saturated rings. The molecule has 1 N–H and O–H groups in total. The second-order valence-corrected chi connectivity index (χ2v) is 6.68. The monoisotopic (exact) mass is 299 g/mol. The third-order valence-electron chi connectivity index (χ3n) is 3.90. The molecule has 21 heavy (non-hydrogen) atoms. The quantitative estimate of drug-likeness (QED) is 0.876. The number of fused-ring (bicyclic) bond motifs is 1. The lowest BCUT2D eigenvalue weighted by atomic mass is 9.87. The van der Waals surface area contributed by atoms with Crippen molar-refractivity contribution in [3.8, 4) is 0 Å². The predicted octanol–water partition coefficient (Wildman–Crippen LogP) is 3.54. The maximum absolute atomic E-state index is 4.45. The van der Waals surface area contributed by atoms with Gasteiger partial charge in [-0.25, -0.2) is 9.97 Å². The summed E-state index contributed by atoms with van der Waals surface area (Å²) in [5.41, 5.74) is 4.02. The number of aryl methyl sites for hydroxylation is 2. The van der Waals surface area contributed by atoms with Gasteiger partial charge in [-0.1, -0.05) is 43.0 Å². The maximum atomic E-state index is 4.45. The van der Waals surface area contributed by atoms with Crippen molar-refractivity contribution in [3.63, 3.8) is 0 Å². The highest BCUT2D eigenvalue weighted by Crippen LogP contribution is 2.38. The molecule has 1 aromatic carbocycles. The van der Waals surface area contributed by atoms with Gasteiger partial charge in [0, 0.05) is 23.7 Å². The molecule has 3 nitrogen and oxygen atoms in total. The zero-order chi connectivity index (χ0) is 14.7. The Kier molecular flexibility index (Phi) is 4.56. The first-order chi connectivity index (χ1) is 10.3. The normalized spacial score (nSPS) is 21.0. The molecule has 0 saturated heterocycles. The Morgan fingerprint density at radius 1 is 1.24 bits per heavy atom. The van der Waals surface area contributed by atoms with Crippen LogP contribution in [0.1, 0.15) is 36.1 Å². The lowest BCUT2D eigenvalue weighted by molar-refractivity contribution is 0.483. The molecule has 4 heteroatoms. The second-order valence-electron chi connectivity index (χ2n) is 5.47. The molecule has 2 aromatic rings. The fraction of sp³-hybridized carbons (Fsp3) is 0.412. The van der Waals surface area contributed by atoms with Crippen molar-refractivity contribution in [3.05, 3.63) is 53.3 Å². The zero-order valence-electron chi connectivity index (χ0n) is 12.5. The standard InChI is InChI=1S/C17H21N3S/c1-3-18-16-14-7-5-4-6-13(14)8-9-15(16)21-17-19-10-12(2)11-20-17/h4-7,10-11,15-16,18H,3,8-9H2,1-2H3. The van der Waals surface area contributed by atoms with Crippen molar-refractivity contribution >= 4 is 11.8 Å². The molecule has 0 aliphatic heterocycles. The molecule has 110 valence electrons. The van der Waals surface area contributed by atoms with Crippen LogP contribution in [0, 0.1) is 6.92 Å². The van der Waals surface area contributed by atoms with E-state index in [1.54, 1.807) is 11.8 Å². The summed E-state index contributed by atoms with van der Waals surface area (Å²) < 4.78 is 0. The van der Waals surface area contributed by atoms with Gasteiger partial charge in [0.15, 0.2) is 5.16 Å². The van der Waals surface area contributed by atoms with Crippen LogP contribution < -0.4 is 5.32 Å². The first-order valence-electron chi connectivity index (χ1n) is 7.54. The van der Waals surface area contributed by atoms with Crippen molar-refractivity contribution < 1.29 is 0 Å². The fourth-order valence-electron chi connectivity index (χ4n) is 2.90. The van der Waals surface area contributed by atoms with Crippen molar-refractivity contribution in [2.45, 2.75) is 43.1 Å². The van der Waals surface area contributed by atoms with Gasteiger partial charge in [0.25, 0.3) is 0 Å². The Morgan fingerprint density at radius 2 is 2.00 bits per heavy atom. The highest BCUT2D eigenvalue weighted by molar-refractivity contribution is 7.99. The molecular formula is C17H21N3S. The van der Waals surface area contributed by atoms with E-state index in [1.165, 1.54) is 11.1 Å². The van der Waals surface area contributed by atoms with E-state index >= 15 is 0 Å². The highest BCUT2D eigenvalue weighted by atomic mass is 32.2. The Labute approximate surface area is 130 Å². The summed E-state index contributed by atoms with van der Waals surface area (Å²) >= 11 is 1.80. The largest absolute Gasteiger partial charge is 0.309 e. The molecule has 0 amide bonds. The minimum absolute atomic E-state index is 0.384. The second kappa shape index (κ2) is 6.58. The summed E-state index contributed by atoms with van der Waals surface area (Å²) in [4.78, 5) is 8.89. The average Bonchev–Trinajstić information content (AvgIpc) is 2.52. The van der Waals surface area contributed by atoms with Gasteiger partial charge in [0.05, 0.1) is 0 Å². The van der Waals surface area contributed by atoms with Crippen LogP contribution in [0.4, 0.5) is 0 Å². The molecule has 2 unspecified atom stereocenters. The van der Waals surface area contributed by atoms with E-state index in [4.69, 9.17) is 0 Å². The van der Waals surface area contributed by atoms with Gasteiger partial charge in [-0.15, -0.1) is 0 Å². The van der Waals surface area contributed by atoms with E-state index in [-0.39, 0.29) is 0 Å². The van der Waals surface area contributed by atoms with Gasteiger partial charge in [0.2, 0.25) is 0 Å². The van der Waals surface area contributed by atoms with Crippen LogP contribution >= 0.6 is 11.8 Å². The third-order valence-corrected chi connectivity index (χ3v) is 5.13. The SMILES string of the molecule is CCNC1c2ccccc2CCC1Sc1ncc(C)cn1. The summed E-state index contributed by atoms with van der Waals surface area (Å²) in [5.74, 6) is 0. The van der Waals surface area contributed by atoms with Crippen LogP contribution in [0.25, 0.3) is 0 Å². The molecule has 3 rings (SSSR count). The Hall–Kier alpha value is -1.39. The van der Waals surface area contributed by atoms with E-state index in [9.17, 15) is 0 Å². The minimum Gasteiger partial charge on any atom is -0.309 e. The van der Waals surface area contributed by atoms with E-state index in [0.717, 1.165) is 30.1 Å². The molecule has 0 spiro atoms. The van der Waals surface area contributed by atoms with Crippen LogP contribution in [0.5, 0.6) is 0 Å². The van der Waals surface area contributed by atoms with E-state index in [1.807, 2.05) is 19.3 Å². The van der Waals surface area contributed by atoms with Crippen LogP contribution in [0.15, 0.2) is 41.8 Å². The number of hydrogen-bond donors (Lipinski definition) is 1. The van der Waals surface area contributed by atoms with Crippen LogP contribution in [-0.4, -0.2) is 21.8 Å². The number of benzene rings is 1. The lowest BCUT2D eigenvalue weighted by Gasteiger charge is -2.33. The third kappa shape index (κ3) is 3.27. The molecule has 0 saturated carbocycles. The summed E-state index contributed by atoms with van der Waals surface area (Å²) in [6.07, 6.45) is 6.10. The van der Waals surface area contributed by atoms with E-state index in [0.29, 0.717) is 11.3 Å². The molecule has 1 aromatic heterocycles. The van der Waals surface area contributed by atoms with E-state index in [2.05, 4.69) is 46.5 Å². The first kappa shape index (κ1) is 14.5. The summed E-state index contributed by atoms with van der Waals surface area (Å²) in [5, 5.41) is 5.02. The van der Waals surface area contributed by atoms with Gasteiger partial charge in [-0.05, 0) is 43.0 Å². The Bertz CT molecular complexity index is 597. The minimum atomic E-state index is 0.384. The Balaban J connectivity index is 1.83. The number of nitrogens with zero attached hydrogens (tertiary/aromatic N) is 2. The number of nitrogens with one attached hydrogen (secondary N) is 1. The van der Waals surface area contributed by atoms with Gasteiger partial charge in [-0.3, -0.25) is 0 Å². The first-order valence-corrected chi connectivity index (χ1v) is 8.42. The Morgan fingerprint density at radius 3 is 2.76 bits per heavy atom. The molecule has 1 aliphatic carbocycles. The summed E-state index contributed by atoms with van der Waals surface area (Å²) in [7, 11) is 0. The number of hydrogen-bond acceptors (Lipinski definition) is 4. The molecular weight excluding hydrogens is 278 g/mol. The highest BCUT2D eigenvalue weighted by Gasteiger charge is 2.30. The predicted molar refractivity (Wildman–Crippen MR) is 87.6 cm³/mol. The van der Waals surface area contributed by atoms with E-state index < -0.39 is 0 Å². The summed E-state index contributed by atoms with van der Waals surface area (Å²) in [6.45, 7) is 5.17. The van der Waals surface area contributed by atoms with Crippen molar-refractivity contribution in [2.24, 2.45) is 0 Å². The number of aromatic nitrogens is 2. The maximum Gasteiger partial charge on any atom is 0.187 e. The smallest absolute Gasteiger partial charge is 0.187 e. The van der Waals surface area contributed by atoms with Crippen LogP contribution in [-0.2, 0) is 6.42 Å². The van der Waals surface area contributed by atoms with Crippen LogP contribution in [0.2, 0.25) is 0 Å². The average molecular weight is 299 g/mol. The van der Waals surface area contributed by atoms with Crippen molar-refractivity contribution in [1.82, 2.24) is 15.3 Å². The molecule has 1 heterocycles. The lowest BCUT2D eigenvalue weighted by Crippen LogP contribution is -2.34. The fourth-order valence-corrected chi connectivity index (χ4v) is 4.01. The van der Waals surface area contributed by atoms with Gasteiger partial charge in [0.1, 0.15) is 0 Å².